The molecular weight excluding hydrogens is 379 g/mol. The zero-order valence-corrected chi connectivity index (χ0v) is 15.1. The van der Waals surface area contributed by atoms with Crippen molar-refractivity contribution in [3.63, 3.8) is 0 Å². The predicted octanol–water partition coefficient (Wildman–Crippen LogP) is 1.65. The second kappa shape index (κ2) is 6.66. The molecule has 3 aromatic rings. The van der Waals surface area contributed by atoms with E-state index in [1.807, 2.05) is 0 Å². The smallest absolute Gasteiger partial charge is 0.324 e. The molecular formula is C17H16F3N5O3. The van der Waals surface area contributed by atoms with E-state index >= 15 is 0 Å². The Hall–Kier alpha value is -3.37. The zero-order chi connectivity index (χ0) is 20.8. The maximum absolute atomic E-state index is 12.8. The molecule has 0 spiro atoms. The summed E-state index contributed by atoms with van der Waals surface area (Å²) in [5, 5.41) is 2.40. The number of carbonyl (C=O) groups excluding carboxylic acids is 1. The first-order chi connectivity index (χ1) is 13.0. The van der Waals surface area contributed by atoms with Gasteiger partial charge in [0.05, 0.1) is 11.9 Å². The van der Waals surface area contributed by atoms with Crippen LogP contribution in [0.5, 0.6) is 0 Å². The molecule has 1 atom stereocenters. The van der Waals surface area contributed by atoms with Crippen molar-refractivity contribution >= 4 is 22.8 Å². The molecule has 3 rings (SSSR count). The van der Waals surface area contributed by atoms with Crippen LogP contribution in [0, 0.1) is 0 Å². The third-order valence-corrected chi connectivity index (χ3v) is 4.43. The molecule has 0 bridgehead atoms. The average Bonchev–Trinajstić information content (AvgIpc) is 3.08. The van der Waals surface area contributed by atoms with Gasteiger partial charge in [0.15, 0.2) is 11.2 Å². The molecule has 1 amide bonds. The van der Waals surface area contributed by atoms with Crippen molar-refractivity contribution in [2.75, 3.05) is 5.32 Å². The number of alkyl halides is 3. The molecule has 2 aromatic heterocycles. The molecule has 2 heterocycles. The van der Waals surface area contributed by atoms with E-state index in [-0.39, 0.29) is 16.9 Å². The summed E-state index contributed by atoms with van der Waals surface area (Å²) < 4.78 is 41.8. The summed E-state index contributed by atoms with van der Waals surface area (Å²) >= 11 is 0. The summed E-state index contributed by atoms with van der Waals surface area (Å²) in [5.74, 6) is -0.644. The van der Waals surface area contributed by atoms with E-state index in [0.29, 0.717) is 0 Å². The maximum Gasteiger partial charge on any atom is 0.416 e. The summed E-state index contributed by atoms with van der Waals surface area (Å²) in [7, 11) is 2.74. The summed E-state index contributed by atoms with van der Waals surface area (Å²) in [6.07, 6.45) is -3.30. The van der Waals surface area contributed by atoms with Gasteiger partial charge in [0.1, 0.15) is 6.04 Å². The molecule has 11 heteroatoms. The van der Waals surface area contributed by atoms with Gasteiger partial charge in [-0.25, -0.2) is 9.78 Å². The van der Waals surface area contributed by atoms with Gasteiger partial charge < -0.3 is 9.88 Å². The van der Waals surface area contributed by atoms with E-state index in [1.54, 1.807) is 0 Å². The second-order valence-corrected chi connectivity index (χ2v) is 6.27. The van der Waals surface area contributed by atoms with Gasteiger partial charge in [0, 0.05) is 19.8 Å². The van der Waals surface area contributed by atoms with Crippen molar-refractivity contribution in [1.82, 2.24) is 18.7 Å². The Morgan fingerprint density at radius 3 is 2.50 bits per heavy atom. The van der Waals surface area contributed by atoms with Crippen molar-refractivity contribution in [2.45, 2.75) is 19.1 Å². The molecule has 0 unspecified atom stereocenters. The number of halogens is 3. The van der Waals surface area contributed by atoms with Crippen LogP contribution in [-0.2, 0) is 25.1 Å². The maximum atomic E-state index is 12.8. The first kappa shape index (κ1) is 19.4. The Morgan fingerprint density at radius 1 is 1.18 bits per heavy atom. The summed E-state index contributed by atoms with van der Waals surface area (Å²) in [6, 6.07) is 3.26. The van der Waals surface area contributed by atoms with E-state index in [4.69, 9.17) is 0 Å². The fourth-order valence-corrected chi connectivity index (χ4v) is 2.80. The Kier molecular flexibility index (Phi) is 4.61. The highest BCUT2D eigenvalue weighted by Crippen LogP contribution is 2.30. The van der Waals surface area contributed by atoms with Gasteiger partial charge in [0.25, 0.3) is 5.56 Å². The summed E-state index contributed by atoms with van der Waals surface area (Å²) in [4.78, 5) is 41.0. The third kappa shape index (κ3) is 3.19. The minimum absolute atomic E-state index is 0.0311. The highest BCUT2D eigenvalue weighted by molar-refractivity contribution is 5.94. The fourth-order valence-electron chi connectivity index (χ4n) is 2.80. The van der Waals surface area contributed by atoms with Crippen LogP contribution in [0.15, 0.2) is 40.2 Å². The number of nitrogens with one attached hydrogen (secondary N) is 1. The Labute approximate surface area is 155 Å². The van der Waals surface area contributed by atoms with Gasteiger partial charge in [-0.05, 0) is 25.1 Å². The number of hydrogen-bond donors (Lipinski definition) is 1. The number of rotatable bonds is 3. The monoisotopic (exact) mass is 395 g/mol. The lowest BCUT2D eigenvalue weighted by Crippen LogP contribution is -2.38. The molecule has 0 saturated heterocycles. The minimum Gasteiger partial charge on any atom is -0.324 e. The van der Waals surface area contributed by atoms with Gasteiger partial charge in [-0.1, -0.05) is 6.07 Å². The molecule has 0 aliphatic heterocycles. The fraction of sp³-hybridized carbons (Fsp3) is 0.294. The number of amides is 1. The van der Waals surface area contributed by atoms with E-state index < -0.39 is 34.9 Å². The largest absolute Gasteiger partial charge is 0.416 e. The number of hydrogen-bond acceptors (Lipinski definition) is 4. The molecule has 0 saturated carbocycles. The average molecular weight is 395 g/mol. The quantitative estimate of drug-likeness (QED) is 0.730. The van der Waals surface area contributed by atoms with E-state index in [2.05, 4.69) is 10.3 Å². The molecule has 148 valence electrons. The third-order valence-electron chi connectivity index (χ3n) is 4.43. The lowest BCUT2D eigenvalue weighted by atomic mass is 10.2. The normalized spacial score (nSPS) is 12.9. The highest BCUT2D eigenvalue weighted by atomic mass is 19.4. The van der Waals surface area contributed by atoms with Crippen LogP contribution in [0.4, 0.5) is 18.9 Å². The summed E-state index contributed by atoms with van der Waals surface area (Å²) in [6.45, 7) is 1.47. The first-order valence-corrected chi connectivity index (χ1v) is 8.13. The molecule has 0 fully saturated rings. The molecule has 1 N–H and O–H groups in total. The van der Waals surface area contributed by atoms with Crippen molar-refractivity contribution in [2.24, 2.45) is 14.1 Å². The first-order valence-electron chi connectivity index (χ1n) is 8.13. The van der Waals surface area contributed by atoms with E-state index in [9.17, 15) is 27.6 Å². The van der Waals surface area contributed by atoms with Crippen LogP contribution in [-0.4, -0.2) is 24.6 Å². The number of carbonyl (C=O) groups is 1. The highest BCUT2D eigenvalue weighted by Gasteiger charge is 2.30. The molecule has 8 nitrogen and oxygen atoms in total. The van der Waals surface area contributed by atoms with Gasteiger partial charge >= 0.3 is 11.9 Å². The number of benzene rings is 1. The number of nitrogens with zero attached hydrogens (tertiary/aromatic N) is 4. The second-order valence-electron chi connectivity index (χ2n) is 6.27. The number of fused-ring (bicyclic) bond motifs is 1. The van der Waals surface area contributed by atoms with E-state index in [1.165, 1.54) is 48.6 Å². The van der Waals surface area contributed by atoms with Gasteiger partial charge in [-0.2, -0.15) is 13.2 Å². The van der Waals surface area contributed by atoms with Gasteiger partial charge in [0.2, 0.25) is 5.91 Å². The predicted molar refractivity (Wildman–Crippen MR) is 95.0 cm³/mol. The van der Waals surface area contributed by atoms with Crippen molar-refractivity contribution in [3.05, 3.63) is 57.0 Å². The number of imidazole rings is 1. The van der Waals surface area contributed by atoms with Gasteiger partial charge in [-0.15, -0.1) is 0 Å². The standard InChI is InChI=1S/C17H16F3N5O3/c1-9(14(26)22-11-6-4-5-10(7-11)17(18,19)20)25-8-21-13-12(25)15(27)24(3)16(28)23(13)2/h4-9H,1-3H3,(H,22,26)/t9-/m1/s1. The van der Waals surface area contributed by atoms with Gasteiger partial charge in [-0.3, -0.25) is 18.7 Å². The molecule has 1 aromatic carbocycles. The van der Waals surface area contributed by atoms with Crippen LogP contribution >= 0.6 is 0 Å². The topological polar surface area (TPSA) is 90.9 Å². The lowest BCUT2D eigenvalue weighted by molar-refractivity contribution is -0.137. The Morgan fingerprint density at radius 2 is 1.86 bits per heavy atom. The van der Waals surface area contributed by atoms with Crippen LogP contribution < -0.4 is 16.6 Å². The van der Waals surface area contributed by atoms with Crippen molar-refractivity contribution in [3.8, 4) is 0 Å². The Bertz CT molecular complexity index is 1190. The number of aromatic nitrogens is 4. The van der Waals surface area contributed by atoms with Crippen LogP contribution in [0.3, 0.4) is 0 Å². The number of anilines is 1. The number of aryl methyl sites for hydroxylation is 1. The zero-order valence-electron chi connectivity index (χ0n) is 15.1. The van der Waals surface area contributed by atoms with Crippen molar-refractivity contribution < 1.29 is 18.0 Å². The SMILES string of the molecule is C[C@H](C(=O)Nc1cccc(C(F)(F)F)c1)n1cnc2c1c(=O)n(C)c(=O)n2C. The lowest BCUT2D eigenvalue weighted by Gasteiger charge is -2.15. The Balaban J connectivity index is 1.97. The molecule has 0 radical (unpaired) electrons. The molecule has 0 aliphatic carbocycles. The summed E-state index contributed by atoms with van der Waals surface area (Å²) in [5.41, 5.74) is -1.98. The molecule has 0 aliphatic rings. The van der Waals surface area contributed by atoms with Crippen LogP contribution in [0.1, 0.15) is 18.5 Å². The minimum atomic E-state index is -4.54. The van der Waals surface area contributed by atoms with E-state index in [0.717, 1.165) is 16.7 Å². The van der Waals surface area contributed by atoms with Crippen LogP contribution in [0.25, 0.3) is 11.2 Å². The van der Waals surface area contributed by atoms with Crippen LogP contribution in [0.2, 0.25) is 0 Å². The molecule has 28 heavy (non-hydrogen) atoms. The van der Waals surface area contributed by atoms with Crippen molar-refractivity contribution in [1.29, 1.82) is 0 Å².